The van der Waals surface area contributed by atoms with Crippen molar-refractivity contribution in [3.05, 3.63) is 18.2 Å². The molecule has 0 bridgehead atoms. The quantitative estimate of drug-likeness (QED) is 0.822. The lowest BCUT2D eigenvalue weighted by atomic mass is 10.2. The number of hydrogen-bond donors (Lipinski definition) is 1. The van der Waals surface area contributed by atoms with E-state index in [1.807, 2.05) is 6.92 Å². The summed E-state index contributed by atoms with van der Waals surface area (Å²) in [5.41, 5.74) is 0. The molecule has 0 spiro atoms. The second-order valence-corrected chi connectivity index (χ2v) is 3.34. The summed E-state index contributed by atoms with van der Waals surface area (Å²) in [7, 11) is 0. The Balaban J connectivity index is 2.05. The van der Waals surface area contributed by atoms with Crippen LogP contribution in [0, 0.1) is 0 Å². The first kappa shape index (κ1) is 10.1. The molecular formula is C11H14O4. The van der Waals surface area contributed by atoms with Crippen LogP contribution in [0.25, 0.3) is 0 Å². The number of aromatic hydroxyl groups is 1. The van der Waals surface area contributed by atoms with Gasteiger partial charge in [-0.3, -0.25) is 0 Å². The Hall–Kier alpha value is -1.42. The van der Waals surface area contributed by atoms with Gasteiger partial charge in [0.1, 0.15) is 12.4 Å². The molecule has 0 saturated heterocycles. The molecule has 1 aliphatic heterocycles. The van der Waals surface area contributed by atoms with Crippen molar-refractivity contribution in [3.8, 4) is 17.2 Å². The molecule has 1 aliphatic rings. The molecule has 82 valence electrons. The number of rotatable bonds is 3. The Labute approximate surface area is 88.4 Å². The molecule has 0 amide bonds. The molecule has 0 aliphatic carbocycles. The molecule has 4 heteroatoms. The predicted molar refractivity (Wildman–Crippen MR) is 54.5 cm³/mol. The van der Waals surface area contributed by atoms with Crippen LogP contribution in [0.4, 0.5) is 0 Å². The number of fused-ring (bicyclic) bond motifs is 1. The lowest BCUT2D eigenvalue weighted by Crippen LogP contribution is -2.33. The van der Waals surface area contributed by atoms with Crippen LogP contribution in [0.5, 0.6) is 17.2 Å². The fourth-order valence-electron chi connectivity index (χ4n) is 1.44. The summed E-state index contributed by atoms with van der Waals surface area (Å²) in [5.74, 6) is 1.42. The summed E-state index contributed by atoms with van der Waals surface area (Å²) in [4.78, 5) is 0. The van der Waals surface area contributed by atoms with E-state index in [4.69, 9.17) is 14.2 Å². The van der Waals surface area contributed by atoms with E-state index in [2.05, 4.69) is 0 Å². The van der Waals surface area contributed by atoms with Gasteiger partial charge in [-0.2, -0.15) is 0 Å². The molecule has 2 rings (SSSR count). The lowest BCUT2D eigenvalue weighted by Gasteiger charge is -2.26. The summed E-state index contributed by atoms with van der Waals surface area (Å²) in [6.07, 6.45) is -0.0979. The van der Waals surface area contributed by atoms with E-state index in [1.54, 1.807) is 18.2 Å². The summed E-state index contributed by atoms with van der Waals surface area (Å²) < 4.78 is 16.3. The van der Waals surface area contributed by atoms with Crippen molar-refractivity contribution < 1.29 is 19.3 Å². The fraction of sp³-hybridized carbons (Fsp3) is 0.455. The van der Waals surface area contributed by atoms with Gasteiger partial charge in [-0.15, -0.1) is 0 Å². The zero-order valence-electron chi connectivity index (χ0n) is 8.60. The summed E-state index contributed by atoms with van der Waals surface area (Å²) >= 11 is 0. The second kappa shape index (κ2) is 4.40. The normalized spacial score (nSPS) is 18.9. The first-order valence-electron chi connectivity index (χ1n) is 5.00. The van der Waals surface area contributed by atoms with Crippen molar-refractivity contribution >= 4 is 0 Å². The van der Waals surface area contributed by atoms with Gasteiger partial charge in [0, 0.05) is 12.7 Å². The van der Waals surface area contributed by atoms with Crippen molar-refractivity contribution in [3.63, 3.8) is 0 Å². The highest BCUT2D eigenvalue weighted by Gasteiger charge is 2.21. The number of hydrogen-bond acceptors (Lipinski definition) is 4. The highest BCUT2D eigenvalue weighted by Crippen LogP contribution is 2.34. The van der Waals surface area contributed by atoms with Crippen molar-refractivity contribution in [2.45, 2.75) is 13.0 Å². The Morgan fingerprint density at radius 1 is 1.47 bits per heavy atom. The highest BCUT2D eigenvalue weighted by atomic mass is 16.6. The zero-order chi connectivity index (χ0) is 10.7. The maximum absolute atomic E-state index is 9.28. The molecule has 1 heterocycles. The lowest BCUT2D eigenvalue weighted by molar-refractivity contribution is 0.0126. The van der Waals surface area contributed by atoms with Crippen molar-refractivity contribution in [1.82, 2.24) is 0 Å². The number of phenolic OH excluding ortho intramolecular Hbond substituents is 1. The SMILES string of the molecule is CCOC[C@@H]1COc2ccc(O)cc2O1. The van der Waals surface area contributed by atoms with Gasteiger partial charge in [0.05, 0.1) is 6.61 Å². The van der Waals surface area contributed by atoms with Crippen LogP contribution in [0.15, 0.2) is 18.2 Å². The number of ether oxygens (including phenoxy) is 3. The van der Waals surface area contributed by atoms with Crippen LogP contribution in [-0.4, -0.2) is 31.0 Å². The van der Waals surface area contributed by atoms with Crippen molar-refractivity contribution in [2.75, 3.05) is 19.8 Å². The molecular weight excluding hydrogens is 196 g/mol. The first-order chi connectivity index (χ1) is 7.29. The van der Waals surface area contributed by atoms with Crippen LogP contribution in [0.1, 0.15) is 6.92 Å². The minimum absolute atomic E-state index is 0.0979. The van der Waals surface area contributed by atoms with Gasteiger partial charge in [-0.25, -0.2) is 0 Å². The van der Waals surface area contributed by atoms with Crippen LogP contribution < -0.4 is 9.47 Å². The number of phenols is 1. The summed E-state index contributed by atoms with van der Waals surface area (Å²) in [5, 5.41) is 9.28. The third-order valence-electron chi connectivity index (χ3n) is 2.15. The maximum Gasteiger partial charge on any atom is 0.165 e. The van der Waals surface area contributed by atoms with E-state index < -0.39 is 0 Å². The highest BCUT2D eigenvalue weighted by molar-refractivity contribution is 5.45. The number of benzene rings is 1. The van der Waals surface area contributed by atoms with Gasteiger partial charge in [0.2, 0.25) is 0 Å². The standard InChI is InChI=1S/C11H14O4/c1-2-13-6-9-7-14-10-4-3-8(12)5-11(10)15-9/h3-5,9,12H,2,6-7H2,1H3/t9-/m1/s1. The summed E-state index contributed by atoms with van der Waals surface area (Å²) in [6, 6.07) is 4.82. The van der Waals surface area contributed by atoms with Crippen molar-refractivity contribution in [1.29, 1.82) is 0 Å². The van der Waals surface area contributed by atoms with Crippen molar-refractivity contribution in [2.24, 2.45) is 0 Å². The van der Waals surface area contributed by atoms with E-state index in [1.165, 1.54) is 0 Å². The largest absolute Gasteiger partial charge is 0.508 e. The maximum atomic E-state index is 9.28. The van der Waals surface area contributed by atoms with Gasteiger partial charge >= 0.3 is 0 Å². The Bertz CT molecular complexity index is 337. The molecule has 0 unspecified atom stereocenters. The molecule has 0 radical (unpaired) electrons. The molecule has 1 atom stereocenters. The molecule has 1 N–H and O–H groups in total. The molecule has 0 saturated carbocycles. The van der Waals surface area contributed by atoms with Gasteiger partial charge in [0.25, 0.3) is 0 Å². The fourth-order valence-corrected chi connectivity index (χ4v) is 1.44. The van der Waals surface area contributed by atoms with Gasteiger partial charge in [0.15, 0.2) is 17.6 Å². The molecule has 4 nitrogen and oxygen atoms in total. The third-order valence-corrected chi connectivity index (χ3v) is 2.15. The smallest absolute Gasteiger partial charge is 0.165 e. The van der Waals surface area contributed by atoms with Crippen LogP contribution in [0.2, 0.25) is 0 Å². The van der Waals surface area contributed by atoms with E-state index in [-0.39, 0.29) is 11.9 Å². The van der Waals surface area contributed by atoms with E-state index in [0.717, 1.165) is 0 Å². The van der Waals surface area contributed by atoms with Gasteiger partial charge in [-0.1, -0.05) is 0 Å². The minimum Gasteiger partial charge on any atom is -0.508 e. The molecule has 0 fully saturated rings. The average Bonchev–Trinajstić information content (AvgIpc) is 2.25. The van der Waals surface area contributed by atoms with Crippen LogP contribution in [0.3, 0.4) is 0 Å². The molecule has 1 aromatic carbocycles. The van der Waals surface area contributed by atoms with E-state index in [0.29, 0.717) is 31.3 Å². The monoisotopic (exact) mass is 210 g/mol. The molecule has 1 aromatic rings. The van der Waals surface area contributed by atoms with E-state index in [9.17, 15) is 5.11 Å². The Morgan fingerprint density at radius 2 is 2.33 bits per heavy atom. The second-order valence-electron chi connectivity index (χ2n) is 3.34. The topological polar surface area (TPSA) is 47.9 Å². The average molecular weight is 210 g/mol. The first-order valence-corrected chi connectivity index (χ1v) is 5.00. The van der Waals surface area contributed by atoms with Gasteiger partial charge in [-0.05, 0) is 19.1 Å². The van der Waals surface area contributed by atoms with Crippen LogP contribution in [-0.2, 0) is 4.74 Å². The predicted octanol–water partition coefficient (Wildman–Crippen LogP) is 1.57. The summed E-state index contributed by atoms with van der Waals surface area (Å²) in [6.45, 7) is 3.58. The van der Waals surface area contributed by atoms with Crippen LogP contribution >= 0.6 is 0 Å². The van der Waals surface area contributed by atoms with Gasteiger partial charge < -0.3 is 19.3 Å². The third kappa shape index (κ3) is 2.33. The van der Waals surface area contributed by atoms with E-state index >= 15 is 0 Å². The Kier molecular flexibility index (Phi) is 2.97. The molecule has 15 heavy (non-hydrogen) atoms. The zero-order valence-corrected chi connectivity index (χ0v) is 8.60. The minimum atomic E-state index is -0.0979. The Morgan fingerprint density at radius 3 is 3.13 bits per heavy atom. The molecule has 0 aromatic heterocycles.